The van der Waals surface area contributed by atoms with Gasteiger partial charge in [0.15, 0.2) is 5.16 Å². The number of benzene rings is 1. The highest BCUT2D eigenvalue weighted by Gasteiger charge is 2.28. The van der Waals surface area contributed by atoms with Gasteiger partial charge < -0.3 is 5.11 Å². The zero-order valence-electron chi connectivity index (χ0n) is 10.6. The van der Waals surface area contributed by atoms with E-state index in [9.17, 15) is 4.79 Å². The van der Waals surface area contributed by atoms with Crippen molar-refractivity contribution >= 4 is 11.8 Å². The van der Waals surface area contributed by atoms with E-state index < -0.39 is 0 Å². The van der Waals surface area contributed by atoms with Gasteiger partial charge in [0.25, 0.3) is 0 Å². The number of hydrogen-bond donors (Lipinski definition) is 2. The molecule has 0 bridgehead atoms. The molecule has 0 amide bonds. The highest BCUT2D eigenvalue weighted by Crippen LogP contribution is 2.38. The first-order valence-corrected chi connectivity index (χ1v) is 7.06. The van der Waals surface area contributed by atoms with Crippen LogP contribution in [0, 0.1) is 6.92 Å². The number of aryl methyl sites for hydroxylation is 1. The number of nitrogens with zero attached hydrogens (tertiary/aromatic N) is 2. The summed E-state index contributed by atoms with van der Waals surface area (Å²) in [6, 6.07) is 6.11. The van der Waals surface area contributed by atoms with E-state index in [1.54, 1.807) is 4.57 Å². The Hall–Kier alpha value is -1.53. The summed E-state index contributed by atoms with van der Waals surface area (Å²) in [7, 11) is 0. The van der Waals surface area contributed by atoms with E-state index in [0.29, 0.717) is 11.2 Å². The first kappa shape index (κ1) is 12.5. The Kier molecular flexibility index (Phi) is 3.20. The highest BCUT2D eigenvalue weighted by atomic mass is 32.2. The molecule has 0 atom stereocenters. The number of hydrogen-bond acceptors (Lipinski definition) is 4. The van der Waals surface area contributed by atoms with E-state index in [1.165, 1.54) is 11.8 Å². The zero-order valence-corrected chi connectivity index (χ0v) is 11.4. The molecule has 2 N–H and O–H groups in total. The maximum atomic E-state index is 11.7. The third kappa shape index (κ3) is 2.46. The van der Waals surface area contributed by atoms with E-state index in [-0.39, 0.29) is 12.3 Å². The Labute approximate surface area is 114 Å². The maximum absolute atomic E-state index is 11.7. The van der Waals surface area contributed by atoms with Gasteiger partial charge in [0.2, 0.25) is 0 Å². The predicted octanol–water partition coefficient (Wildman–Crippen LogP) is 1.86. The van der Waals surface area contributed by atoms with Gasteiger partial charge in [0.1, 0.15) is 0 Å². The van der Waals surface area contributed by atoms with Crippen molar-refractivity contribution in [3.63, 3.8) is 0 Å². The molecular formula is C13H15N3O2S. The van der Waals surface area contributed by atoms with Gasteiger partial charge in [-0.3, -0.25) is 4.57 Å². The predicted molar refractivity (Wildman–Crippen MR) is 72.3 cm³/mol. The smallest absolute Gasteiger partial charge is 0.344 e. The summed E-state index contributed by atoms with van der Waals surface area (Å²) in [5, 5.41) is 16.4. The molecule has 5 nitrogen and oxygen atoms in total. The summed E-state index contributed by atoms with van der Waals surface area (Å²) in [6.45, 7) is 2.04. The molecule has 19 heavy (non-hydrogen) atoms. The lowest BCUT2D eigenvalue weighted by Gasteiger charge is -2.07. The number of aromatic amines is 1. The van der Waals surface area contributed by atoms with Crippen molar-refractivity contribution < 1.29 is 5.11 Å². The van der Waals surface area contributed by atoms with Gasteiger partial charge >= 0.3 is 5.69 Å². The van der Waals surface area contributed by atoms with E-state index in [2.05, 4.69) is 10.2 Å². The molecule has 1 aliphatic rings. The third-order valence-electron chi connectivity index (χ3n) is 3.21. The first-order chi connectivity index (χ1) is 9.19. The molecule has 2 aromatic rings. The first-order valence-electron chi connectivity index (χ1n) is 6.24. The van der Waals surface area contributed by atoms with Crippen LogP contribution in [0.3, 0.4) is 0 Å². The van der Waals surface area contributed by atoms with Crippen LogP contribution in [0.4, 0.5) is 0 Å². The summed E-state index contributed by atoms with van der Waals surface area (Å²) < 4.78 is 1.74. The molecule has 6 heteroatoms. The molecule has 0 radical (unpaired) electrons. The summed E-state index contributed by atoms with van der Waals surface area (Å²) >= 11 is 1.49. The average Bonchev–Trinajstić information content (AvgIpc) is 3.17. The molecule has 1 aliphatic carbocycles. The summed E-state index contributed by atoms with van der Waals surface area (Å²) in [5.41, 5.74) is 1.84. The van der Waals surface area contributed by atoms with Crippen LogP contribution in [-0.4, -0.2) is 19.9 Å². The number of nitrogens with one attached hydrogen (secondary N) is 1. The van der Waals surface area contributed by atoms with E-state index in [1.807, 2.05) is 25.1 Å². The zero-order chi connectivity index (χ0) is 13.4. The lowest BCUT2D eigenvalue weighted by atomic mass is 10.1. The van der Waals surface area contributed by atoms with Crippen LogP contribution in [0.1, 0.15) is 30.0 Å². The average molecular weight is 277 g/mol. The van der Waals surface area contributed by atoms with Crippen molar-refractivity contribution in [3.05, 3.63) is 39.8 Å². The van der Waals surface area contributed by atoms with Crippen LogP contribution >= 0.6 is 11.8 Å². The van der Waals surface area contributed by atoms with Crippen LogP contribution in [0.5, 0.6) is 0 Å². The molecular weight excluding hydrogens is 262 g/mol. The molecule has 1 heterocycles. The molecule has 1 aromatic carbocycles. The Balaban J connectivity index is 1.91. The van der Waals surface area contributed by atoms with Crippen LogP contribution < -0.4 is 5.69 Å². The van der Waals surface area contributed by atoms with Crippen molar-refractivity contribution in [1.82, 2.24) is 14.8 Å². The fourth-order valence-electron chi connectivity index (χ4n) is 2.04. The standard InChI is InChI=1S/C13H15N3O2S/c1-8-6-9(7-17)2-5-11(8)19-13-15-14-12(18)16(13)10-3-4-10/h2,5-6,10,17H,3-4,7H2,1H3,(H,14,18). The second kappa shape index (κ2) is 4.86. The largest absolute Gasteiger partial charge is 0.392 e. The van der Waals surface area contributed by atoms with Gasteiger partial charge in [-0.25, -0.2) is 9.89 Å². The molecule has 0 aliphatic heterocycles. The quantitative estimate of drug-likeness (QED) is 0.895. The molecule has 1 saturated carbocycles. The molecule has 0 saturated heterocycles. The Morgan fingerprint density at radius 3 is 2.95 bits per heavy atom. The van der Waals surface area contributed by atoms with Gasteiger partial charge in [-0.15, -0.1) is 5.10 Å². The second-order valence-electron chi connectivity index (χ2n) is 4.77. The number of H-pyrrole nitrogens is 1. The molecule has 1 aromatic heterocycles. The van der Waals surface area contributed by atoms with Crippen LogP contribution in [0.25, 0.3) is 0 Å². The van der Waals surface area contributed by atoms with E-state index >= 15 is 0 Å². The van der Waals surface area contributed by atoms with Gasteiger partial charge in [-0.2, -0.15) is 0 Å². The molecule has 100 valence electrons. The topological polar surface area (TPSA) is 70.9 Å². The number of aliphatic hydroxyl groups is 1. The van der Waals surface area contributed by atoms with E-state index in [0.717, 1.165) is 28.9 Å². The summed E-state index contributed by atoms with van der Waals surface area (Å²) in [6.07, 6.45) is 2.10. The fourth-order valence-corrected chi connectivity index (χ4v) is 3.01. The lowest BCUT2D eigenvalue weighted by molar-refractivity contribution is 0.281. The second-order valence-corrected chi connectivity index (χ2v) is 5.78. The third-order valence-corrected chi connectivity index (χ3v) is 4.36. The minimum Gasteiger partial charge on any atom is -0.392 e. The molecule has 3 rings (SSSR count). The van der Waals surface area contributed by atoms with Gasteiger partial charge in [-0.1, -0.05) is 12.1 Å². The number of aliphatic hydroxyl groups excluding tert-OH is 1. The summed E-state index contributed by atoms with van der Waals surface area (Å²) in [4.78, 5) is 12.7. The SMILES string of the molecule is Cc1cc(CO)ccc1Sc1n[nH]c(=O)n1C1CC1. The lowest BCUT2D eigenvalue weighted by Crippen LogP contribution is -2.16. The van der Waals surface area contributed by atoms with Gasteiger partial charge in [-0.05, 0) is 48.7 Å². The molecule has 0 unspecified atom stereocenters. The van der Waals surface area contributed by atoms with Gasteiger partial charge in [0, 0.05) is 10.9 Å². The van der Waals surface area contributed by atoms with Crippen molar-refractivity contribution in [1.29, 1.82) is 0 Å². The van der Waals surface area contributed by atoms with Crippen molar-refractivity contribution in [2.75, 3.05) is 0 Å². The molecule has 0 spiro atoms. The van der Waals surface area contributed by atoms with Crippen LogP contribution in [-0.2, 0) is 6.61 Å². The normalized spacial score (nSPS) is 14.8. The minimum atomic E-state index is -0.130. The minimum absolute atomic E-state index is 0.0426. The summed E-state index contributed by atoms with van der Waals surface area (Å²) in [5.74, 6) is 0. The van der Waals surface area contributed by atoms with Crippen LogP contribution in [0.15, 0.2) is 33.0 Å². The van der Waals surface area contributed by atoms with Crippen molar-refractivity contribution in [2.45, 2.75) is 42.5 Å². The molecule has 1 fully saturated rings. The highest BCUT2D eigenvalue weighted by molar-refractivity contribution is 7.99. The monoisotopic (exact) mass is 277 g/mol. The Morgan fingerprint density at radius 1 is 1.53 bits per heavy atom. The van der Waals surface area contributed by atoms with E-state index in [4.69, 9.17) is 5.11 Å². The van der Waals surface area contributed by atoms with Gasteiger partial charge in [0.05, 0.1) is 6.61 Å². The van der Waals surface area contributed by atoms with Crippen molar-refractivity contribution in [3.8, 4) is 0 Å². The maximum Gasteiger partial charge on any atom is 0.344 e. The van der Waals surface area contributed by atoms with Crippen LogP contribution in [0.2, 0.25) is 0 Å². The Morgan fingerprint density at radius 2 is 2.32 bits per heavy atom. The number of rotatable bonds is 4. The Bertz CT molecular complexity index is 658. The fraction of sp³-hybridized carbons (Fsp3) is 0.385. The number of aromatic nitrogens is 3. The van der Waals surface area contributed by atoms with Crippen molar-refractivity contribution in [2.24, 2.45) is 0 Å².